The number of piperidine rings is 1. The zero-order chi connectivity index (χ0) is 18.9. The minimum absolute atomic E-state index is 0.0717. The van der Waals surface area contributed by atoms with Crippen molar-refractivity contribution in [3.63, 3.8) is 0 Å². The van der Waals surface area contributed by atoms with Gasteiger partial charge < -0.3 is 10.6 Å². The largest absolute Gasteiger partial charge is 0.398 e. The summed E-state index contributed by atoms with van der Waals surface area (Å²) in [7, 11) is 0. The molecule has 7 heteroatoms. The summed E-state index contributed by atoms with van der Waals surface area (Å²) in [5, 5.41) is 1.74. The summed E-state index contributed by atoms with van der Waals surface area (Å²) in [6, 6.07) is -1.61. The Bertz CT molecular complexity index is 846. The molecule has 0 unspecified atom stereocenters. The van der Waals surface area contributed by atoms with Crippen LogP contribution in [-0.4, -0.2) is 28.6 Å². The van der Waals surface area contributed by atoms with Crippen LogP contribution >= 0.6 is 0 Å². The first-order valence-electron chi connectivity index (χ1n) is 8.12. The molecule has 1 fully saturated rings. The molecule has 3 N–H and O–H groups in total. The zero-order valence-corrected chi connectivity index (χ0v) is 9.99. The summed E-state index contributed by atoms with van der Waals surface area (Å²) in [6.45, 7) is -2.86. The molecular weight excluding hydrogens is 265 g/mol. The first-order chi connectivity index (χ1) is 11.3. The van der Waals surface area contributed by atoms with Crippen LogP contribution in [0.25, 0.3) is 0 Å². The molecule has 6 nitrogen and oxygen atoms in total. The second-order valence-corrected chi connectivity index (χ2v) is 4.25. The maximum Gasteiger partial charge on any atom is 0.255 e. The fraction of sp³-hybridized carbons (Fsp3) is 0.308. The maximum absolute atomic E-state index is 13.6. The van der Waals surface area contributed by atoms with Crippen molar-refractivity contribution in [3.8, 4) is 0 Å². The summed E-state index contributed by atoms with van der Waals surface area (Å²) >= 11 is 0. The number of anilines is 1. The van der Waals surface area contributed by atoms with Gasteiger partial charge in [0.25, 0.3) is 5.91 Å². The maximum atomic E-state index is 13.6. The van der Waals surface area contributed by atoms with Crippen molar-refractivity contribution < 1.29 is 25.6 Å². The van der Waals surface area contributed by atoms with E-state index < -0.39 is 65.7 Å². The summed E-state index contributed by atoms with van der Waals surface area (Å²) in [5.41, 5.74) is 4.23. The molecule has 1 atom stereocenters. The third kappa shape index (κ3) is 1.82. The Labute approximate surface area is 120 Å². The lowest BCUT2D eigenvalue weighted by atomic mass is 10.0. The van der Waals surface area contributed by atoms with Gasteiger partial charge in [0, 0.05) is 32.5 Å². The Morgan fingerprint density at radius 1 is 1.45 bits per heavy atom. The van der Waals surface area contributed by atoms with E-state index in [0.717, 1.165) is 6.07 Å². The van der Waals surface area contributed by atoms with Crippen molar-refractivity contribution in [2.75, 3.05) is 5.73 Å². The molecule has 2 aliphatic rings. The van der Waals surface area contributed by atoms with Gasteiger partial charge in [-0.05, 0) is 18.5 Å². The second kappa shape index (κ2) is 4.29. The van der Waals surface area contributed by atoms with Gasteiger partial charge in [-0.1, -0.05) is 0 Å². The van der Waals surface area contributed by atoms with Gasteiger partial charge in [-0.2, -0.15) is 0 Å². The van der Waals surface area contributed by atoms with Crippen molar-refractivity contribution in [3.05, 3.63) is 29.1 Å². The molecule has 1 aromatic rings. The van der Waals surface area contributed by atoms with E-state index in [4.69, 9.17) is 12.6 Å². The SMILES string of the molecule is [2H]C1([2H])c2c(N)cc(F)cc2C(=O)N1[C@]1([2H])C(=O)NC(=O)CC1([2H])[2H]. The van der Waals surface area contributed by atoms with Crippen LogP contribution in [0.5, 0.6) is 0 Å². The topological polar surface area (TPSA) is 92.5 Å². The van der Waals surface area contributed by atoms with Crippen LogP contribution in [0.2, 0.25) is 0 Å². The lowest BCUT2D eigenvalue weighted by Gasteiger charge is -2.29. The number of fused-ring (bicyclic) bond motifs is 1. The average molecular weight is 282 g/mol. The Balaban J connectivity index is 2.25. The van der Waals surface area contributed by atoms with Crippen LogP contribution in [0, 0.1) is 5.82 Å². The van der Waals surface area contributed by atoms with Gasteiger partial charge >= 0.3 is 0 Å². The molecule has 2 aliphatic heterocycles. The minimum Gasteiger partial charge on any atom is -0.398 e. The van der Waals surface area contributed by atoms with Crippen LogP contribution in [0.3, 0.4) is 0 Å². The van der Waals surface area contributed by atoms with E-state index in [1.165, 1.54) is 0 Å². The van der Waals surface area contributed by atoms with E-state index in [0.29, 0.717) is 6.07 Å². The number of nitrogens with zero attached hydrogens (tertiary/aromatic N) is 1. The van der Waals surface area contributed by atoms with E-state index >= 15 is 0 Å². The molecule has 2 heterocycles. The molecule has 0 aromatic heterocycles. The number of nitrogen functional groups attached to an aromatic ring is 1. The van der Waals surface area contributed by atoms with Crippen molar-refractivity contribution in [2.45, 2.75) is 25.3 Å². The number of nitrogens with two attached hydrogens (primary N) is 1. The summed E-state index contributed by atoms with van der Waals surface area (Å²) in [4.78, 5) is 36.4. The van der Waals surface area contributed by atoms with Crippen molar-refractivity contribution in [2.24, 2.45) is 0 Å². The molecule has 20 heavy (non-hydrogen) atoms. The van der Waals surface area contributed by atoms with Gasteiger partial charge in [-0.15, -0.1) is 0 Å². The number of hydrogen-bond acceptors (Lipinski definition) is 4. The van der Waals surface area contributed by atoms with Gasteiger partial charge in [0.1, 0.15) is 11.8 Å². The number of carbonyl (C=O) groups excluding carboxylic acids is 3. The van der Waals surface area contributed by atoms with Crippen LogP contribution < -0.4 is 11.1 Å². The zero-order valence-electron chi connectivity index (χ0n) is 15.0. The highest BCUT2D eigenvalue weighted by Gasteiger charge is 2.39. The van der Waals surface area contributed by atoms with Gasteiger partial charge in [0.2, 0.25) is 11.8 Å². The fourth-order valence-corrected chi connectivity index (χ4v) is 2.02. The van der Waals surface area contributed by atoms with E-state index in [9.17, 15) is 18.8 Å². The molecular formula is C13H12FN3O3. The Morgan fingerprint density at radius 2 is 2.20 bits per heavy atom. The molecule has 3 amide bonds. The second-order valence-electron chi connectivity index (χ2n) is 4.25. The van der Waals surface area contributed by atoms with Crippen molar-refractivity contribution >= 4 is 23.4 Å². The van der Waals surface area contributed by atoms with Crippen LogP contribution in [0.4, 0.5) is 10.1 Å². The average Bonchev–Trinajstić information content (AvgIpc) is 2.62. The van der Waals surface area contributed by atoms with Gasteiger partial charge in [0.05, 0.1) is 4.11 Å². The molecule has 0 bridgehead atoms. The smallest absolute Gasteiger partial charge is 0.255 e. The molecule has 0 aliphatic carbocycles. The van der Waals surface area contributed by atoms with E-state index in [2.05, 4.69) is 0 Å². The van der Waals surface area contributed by atoms with E-state index in [-0.39, 0.29) is 4.90 Å². The lowest BCUT2D eigenvalue weighted by molar-refractivity contribution is -0.136. The van der Waals surface area contributed by atoms with Crippen LogP contribution in [0.15, 0.2) is 12.1 Å². The highest BCUT2D eigenvalue weighted by molar-refractivity contribution is 6.06. The number of nitrogens with one attached hydrogen (secondary N) is 1. The van der Waals surface area contributed by atoms with Crippen molar-refractivity contribution in [1.29, 1.82) is 0 Å². The number of benzene rings is 1. The van der Waals surface area contributed by atoms with Gasteiger partial charge in [-0.3, -0.25) is 19.7 Å². The summed E-state index contributed by atoms with van der Waals surface area (Å²) < 4.78 is 54.0. The standard InChI is InChI=1S/C13H12FN3O3/c14-6-3-7-8(9(15)4-6)5-17(13(7)20)10-1-2-11(18)16-12(10)19/h3-4,10H,1-2,5,15H2,(H,16,18,19)/t10-/m0/s1/i1D2,5D2,10D. The number of rotatable bonds is 1. The van der Waals surface area contributed by atoms with E-state index in [1.54, 1.807) is 5.32 Å². The lowest BCUT2D eigenvalue weighted by Crippen LogP contribution is -2.52. The molecule has 3 rings (SSSR count). The molecule has 1 saturated heterocycles. The highest BCUT2D eigenvalue weighted by Crippen LogP contribution is 2.31. The van der Waals surface area contributed by atoms with Crippen LogP contribution in [-0.2, 0) is 16.1 Å². The minimum atomic E-state index is -3.09. The molecule has 104 valence electrons. The number of carbonyl (C=O) groups is 3. The predicted octanol–water partition coefficient (Wildman–Crippen LogP) is 0.169. The third-order valence-corrected chi connectivity index (χ3v) is 2.90. The van der Waals surface area contributed by atoms with Crippen molar-refractivity contribution in [1.82, 2.24) is 10.2 Å². The van der Waals surface area contributed by atoms with Crippen LogP contribution in [0.1, 0.15) is 35.6 Å². The number of halogens is 1. The van der Waals surface area contributed by atoms with Gasteiger partial charge in [0.15, 0.2) is 0 Å². The normalized spacial score (nSPS) is 34.4. The monoisotopic (exact) mass is 282 g/mol. The summed E-state index contributed by atoms with van der Waals surface area (Å²) in [5.74, 6) is -4.67. The number of amides is 3. The quantitative estimate of drug-likeness (QED) is 0.567. The first-order valence-corrected chi connectivity index (χ1v) is 5.62. The molecule has 0 saturated carbocycles. The molecule has 0 spiro atoms. The van der Waals surface area contributed by atoms with E-state index in [1.807, 2.05) is 0 Å². The fourth-order valence-electron chi connectivity index (χ4n) is 2.02. The Hall–Kier alpha value is -2.44. The molecule has 1 aromatic carbocycles. The summed E-state index contributed by atoms with van der Waals surface area (Å²) in [6.07, 6.45) is -3.81. The highest BCUT2D eigenvalue weighted by atomic mass is 19.1. The third-order valence-electron chi connectivity index (χ3n) is 2.90. The number of hydrogen-bond donors (Lipinski definition) is 2. The first kappa shape index (κ1) is 7.98. The number of imide groups is 1. The predicted molar refractivity (Wildman–Crippen MR) is 66.9 cm³/mol. The van der Waals surface area contributed by atoms with Gasteiger partial charge in [-0.25, -0.2) is 4.39 Å². The Kier molecular flexibility index (Phi) is 1.71. The Morgan fingerprint density at radius 3 is 2.90 bits per heavy atom. The molecule has 0 radical (unpaired) electrons.